The van der Waals surface area contributed by atoms with Crippen molar-refractivity contribution in [3.8, 4) is 0 Å². The van der Waals surface area contributed by atoms with Gasteiger partial charge in [0, 0.05) is 18.8 Å². The molecule has 0 radical (unpaired) electrons. The molecule has 29 heavy (non-hydrogen) atoms. The fourth-order valence-corrected chi connectivity index (χ4v) is 4.98. The number of hydrogen-bond donors (Lipinski definition) is 1. The molecule has 1 fully saturated rings. The van der Waals surface area contributed by atoms with E-state index in [-0.39, 0.29) is 22.6 Å². The summed E-state index contributed by atoms with van der Waals surface area (Å²) in [7, 11) is -3.61. The Morgan fingerprint density at radius 3 is 2.45 bits per heavy atom. The van der Waals surface area contributed by atoms with E-state index in [4.69, 9.17) is 4.74 Å². The molecule has 1 heterocycles. The minimum absolute atomic E-state index is 0.133. The van der Waals surface area contributed by atoms with Gasteiger partial charge in [0.15, 0.2) is 0 Å². The van der Waals surface area contributed by atoms with Crippen molar-refractivity contribution in [1.82, 2.24) is 4.31 Å². The Morgan fingerprint density at radius 1 is 1.10 bits per heavy atom. The molecule has 7 heteroatoms. The standard InChI is InChI=1S/C22H28N2O4S/c1-3-17(2)21(18-8-5-4-6-9-18)22(25)23-19-10-7-11-20(16-19)29(26,27)24-12-14-28-15-13-24/h4-11,16-17,21H,3,12-15H2,1-2H3,(H,23,25)/t17-,21+/m1/s1. The van der Waals surface area contributed by atoms with Gasteiger partial charge in [-0.25, -0.2) is 8.42 Å². The van der Waals surface area contributed by atoms with Gasteiger partial charge in [0.2, 0.25) is 15.9 Å². The average molecular weight is 417 g/mol. The summed E-state index contributed by atoms with van der Waals surface area (Å²) in [6.07, 6.45) is 0.860. The van der Waals surface area contributed by atoms with E-state index in [1.807, 2.05) is 30.3 Å². The predicted octanol–water partition coefficient (Wildman–Crippen LogP) is 3.48. The lowest BCUT2D eigenvalue weighted by Gasteiger charge is -2.26. The summed E-state index contributed by atoms with van der Waals surface area (Å²) in [6, 6.07) is 16.1. The highest BCUT2D eigenvalue weighted by molar-refractivity contribution is 7.89. The zero-order valence-corrected chi connectivity index (χ0v) is 17.7. The fourth-order valence-electron chi connectivity index (χ4n) is 3.52. The lowest BCUT2D eigenvalue weighted by molar-refractivity contribution is -0.118. The Hall–Kier alpha value is -2.22. The minimum atomic E-state index is -3.61. The number of rotatable bonds is 7. The van der Waals surface area contributed by atoms with Crippen molar-refractivity contribution in [1.29, 1.82) is 0 Å². The van der Waals surface area contributed by atoms with Gasteiger partial charge in [-0.05, 0) is 29.7 Å². The predicted molar refractivity (Wildman–Crippen MR) is 113 cm³/mol. The Morgan fingerprint density at radius 2 is 1.79 bits per heavy atom. The maximum Gasteiger partial charge on any atom is 0.243 e. The molecular weight excluding hydrogens is 388 g/mol. The Bertz CT molecular complexity index is 925. The van der Waals surface area contributed by atoms with Crippen LogP contribution in [0.4, 0.5) is 5.69 Å². The van der Waals surface area contributed by atoms with Gasteiger partial charge >= 0.3 is 0 Å². The fraction of sp³-hybridized carbons (Fsp3) is 0.409. The SMILES string of the molecule is CC[C@@H](C)[C@H](C(=O)Nc1cccc(S(=O)(=O)N2CCOCC2)c1)c1ccccc1. The van der Waals surface area contributed by atoms with Crippen LogP contribution < -0.4 is 5.32 Å². The van der Waals surface area contributed by atoms with Crippen LogP contribution in [-0.2, 0) is 19.6 Å². The van der Waals surface area contributed by atoms with E-state index < -0.39 is 10.0 Å². The molecule has 156 valence electrons. The van der Waals surface area contributed by atoms with Gasteiger partial charge in [0.1, 0.15) is 0 Å². The average Bonchev–Trinajstić information content (AvgIpc) is 2.75. The topological polar surface area (TPSA) is 75.7 Å². The summed E-state index contributed by atoms with van der Waals surface area (Å²) in [6.45, 7) is 5.57. The van der Waals surface area contributed by atoms with E-state index >= 15 is 0 Å². The third-order valence-electron chi connectivity index (χ3n) is 5.36. The smallest absolute Gasteiger partial charge is 0.243 e. The quantitative estimate of drug-likeness (QED) is 0.750. The monoisotopic (exact) mass is 416 g/mol. The highest BCUT2D eigenvalue weighted by Gasteiger charge is 2.28. The van der Waals surface area contributed by atoms with Crippen LogP contribution in [0.3, 0.4) is 0 Å². The molecule has 2 aromatic rings. The first-order valence-corrected chi connectivity index (χ1v) is 11.4. The summed E-state index contributed by atoms with van der Waals surface area (Å²) in [5.41, 5.74) is 1.44. The summed E-state index contributed by atoms with van der Waals surface area (Å²) in [5.74, 6) is -0.287. The van der Waals surface area contributed by atoms with E-state index in [1.165, 1.54) is 10.4 Å². The lowest BCUT2D eigenvalue weighted by Crippen LogP contribution is -2.40. The van der Waals surface area contributed by atoms with Crippen LogP contribution in [0.5, 0.6) is 0 Å². The summed E-state index contributed by atoms with van der Waals surface area (Å²) in [4.78, 5) is 13.3. The molecule has 0 unspecified atom stereocenters. The second-order valence-electron chi connectivity index (χ2n) is 7.31. The lowest BCUT2D eigenvalue weighted by atomic mass is 9.85. The maximum absolute atomic E-state index is 13.1. The number of anilines is 1. The summed E-state index contributed by atoms with van der Waals surface area (Å²) < 4.78 is 32.5. The van der Waals surface area contributed by atoms with Crippen molar-refractivity contribution in [2.45, 2.75) is 31.1 Å². The molecule has 2 aromatic carbocycles. The van der Waals surface area contributed by atoms with Crippen LogP contribution in [-0.4, -0.2) is 44.9 Å². The number of morpholine rings is 1. The molecule has 6 nitrogen and oxygen atoms in total. The van der Waals surface area contributed by atoms with Crippen LogP contribution >= 0.6 is 0 Å². The highest BCUT2D eigenvalue weighted by atomic mass is 32.2. The second kappa shape index (κ2) is 9.52. The summed E-state index contributed by atoms with van der Waals surface area (Å²) >= 11 is 0. The molecule has 3 rings (SSSR count). The van der Waals surface area contributed by atoms with E-state index in [0.717, 1.165) is 12.0 Å². The second-order valence-corrected chi connectivity index (χ2v) is 9.25. The zero-order valence-electron chi connectivity index (χ0n) is 16.9. The molecule has 0 spiro atoms. The first-order chi connectivity index (χ1) is 13.9. The molecule has 0 saturated carbocycles. The molecule has 1 N–H and O–H groups in total. The molecule has 1 saturated heterocycles. The van der Waals surface area contributed by atoms with Crippen LogP contribution in [0.15, 0.2) is 59.5 Å². The number of sulfonamides is 1. The molecular formula is C22H28N2O4S. The van der Waals surface area contributed by atoms with Crippen LogP contribution in [0.2, 0.25) is 0 Å². The molecule has 2 atom stereocenters. The Balaban J connectivity index is 1.82. The normalized spacial score (nSPS) is 17.4. The largest absolute Gasteiger partial charge is 0.379 e. The number of carbonyl (C=O) groups excluding carboxylic acids is 1. The van der Waals surface area contributed by atoms with E-state index in [1.54, 1.807) is 18.2 Å². The van der Waals surface area contributed by atoms with Gasteiger partial charge in [-0.3, -0.25) is 4.79 Å². The molecule has 0 aliphatic carbocycles. The van der Waals surface area contributed by atoms with Crippen molar-refractivity contribution in [2.24, 2.45) is 5.92 Å². The maximum atomic E-state index is 13.1. The van der Waals surface area contributed by atoms with Gasteiger partial charge in [-0.1, -0.05) is 56.7 Å². The van der Waals surface area contributed by atoms with E-state index in [9.17, 15) is 13.2 Å². The van der Waals surface area contributed by atoms with Gasteiger partial charge in [0.25, 0.3) is 0 Å². The number of benzene rings is 2. The van der Waals surface area contributed by atoms with E-state index in [0.29, 0.717) is 32.0 Å². The number of nitrogens with zero attached hydrogens (tertiary/aromatic N) is 1. The van der Waals surface area contributed by atoms with Crippen LogP contribution in [0, 0.1) is 5.92 Å². The Labute approximate surface area is 172 Å². The van der Waals surface area contributed by atoms with Crippen molar-refractivity contribution < 1.29 is 17.9 Å². The van der Waals surface area contributed by atoms with Gasteiger partial charge in [-0.15, -0.1) is 0 Å². The minimum Gasteiger partial charge on any atom is -0.379 e. The van der Waals surface area contributed by atoms with Crippen LogP contribution in [0.25, 0.3) is 0 Å². The van der Waals surface area contributed by atoms with Crippen molar-refractivity contribution >= 4 is 21.6 Å². The molecule has 1 aliphatic rings. The van der Waals surface area contributed by atoms with Crippen molar-refractivity contribution in [3.63, 3.8) is 0 Å². The summed E-state index contributed by atoms with van der Waals surface area (Å²) in [5, 5.41) is 2.92. The van der Waals surface area contributed by atoms with Crippen molar-refractivity contribution in [2.75, 3.05) is 31.6 Å². The number of amides is 1. The molecule has 0 bridgehead atoms. The number of carbonyl (C=O) groups is 1. The molecule has 0 aromatic heterocycles. The van der Waals surface area contributed by atoms with Crippen LogP contribution in [0.1, 0.15) is 31.7 Å². The Kier molecular flexibility index (Phi) is 7.05. The van der Waals surface area contributed by atoms with Gasteiger partial charge in [0.05, 0.1) is 24.0 Å². The number of ether oxygens (including phenoxy) is 1. The molecule has 1 amide bonds. The van der Waals surface area contributed by atoms with Crippen molar-refractivity contribution in [3.05, 3.63) is 60.2 Å². The van der Waals surface area contributed by atoms with Gasteiger partial charge in [-0.2, -0.15) is 4.31 Å². The number of nitrogens with one attached hydrogen (secondary N) is 1. The highest BCUT2D eigenvalue weighted by Crippen LogP contribution is 2.29. The number of hydrogen-bond acceptors (Lipinski definition) is 4. The first kappa shape index (κ1) is 21.5. The first-order valence-electron chi connectivity index (χ1n) is 9.97. The van der Waals surface area contributed by atoms with Gasteiger partial charge < -0.3 is 10.1 Å². The third-order valence-corrected chi connectivity index (χ3v) is 7.26. The van der Waals surface area contributed by atoms with E-state index in [2.05, 4.69) is 19.2 Å². The molecule has 1 aliphatic heterocycles. The third kappa shape index (κ3) is 5.04. The zero-order chi connectivity index (χ0) is 20.9.